The molecule has 0 spiro atoms. The molecule has 0 bridgehead atoms. The molecule has 1 saturated heterocycles. The molecule has 5 aromatic rings. The summed E-state index contributed by atoms with van der Waals surface area (Å²) in [5.74, 6) is -3.19. The maximum atomic E-state index is 14.4. The van der Waals surface area contributed by atoms with Crippen molar-refractivity contribution >= 4 is 45.0 Å². The standard InChI is InChI=1S/C33H34F2N8O2/c34-33(35,13-4-5-15-42-16-18-45-19-17-42)14-12-31(44)38-25-8-10-28-27(20-25)32(37-23-36-28)39-26-9-11-29-30(21-26)41-43(40-29)22-24-6-2-1-3-7-24/h1-3,6-12,14,20-21,23H,4-5,13,15-19,22H2,(H,38,44)(H,36,37,39). The van der Waals surface area contributed by atoms with Crippen molar-refractivity contribution in [3.63, 3.8) is 0 Å². The predicted molar refractivity (Wildman–Crippen MR) is 170 cm³/mol. The van der Waals surface area contributed by atoms with Crippen molar-refractivity contribution in [2.75, 3.05) is 43.5 Å². The molecule has 0 radical (unpaired) electrons. The van der Waals surface area contributed by atoms with Crippen LogP contribution in [-0.2, 0) is 16.1 Å². The van der Waals surface area contributed by atoms with E-state index in [0.717, 1.165) is 48.0 Å². The normalized spacial score (nSPS) is 14.4. The zero-order valence-corrected chi connectivity index (χ0v) is 24.7. The van der Waals surface area contributed by atoms with E-state index < -0.39 is 11.8 Å². The lowest BCUT2D eigenvalue weighted by atomic mass is 10.1. The largest absolute Gasteiger partial charge is 0.379 e. The van der Waals surface area contributed by atoms with Crippen molar-refractivity contribution in [3.8, 4) is 0 Å². The molecule has 12 heteroatoms. The number of halogens is 2. The molecule has 1 amide bonds. The second-order valence-electron chi connectivity index (χ2n) is 11.0. The summed E-state index contributed by atoms with van der Waals surface area (Å²) in [4.78, 5) is 25.1. The average molecular weight is 613 g/mol. The lowest BCUT2D eigenvalue weighted by Crippen LogP contribution is -2.36. The van der Waals surface area contributed by atoms with Gasteiger partial charge in [0.25, 0.3) is 5.92 Å². The Labute approximate surface area is 259 Å². The summed E-state index contributed by atoms with van der Waals surface area (Å²) in [6.07, 6.45) is 3.76. The van der Waals surface area contributed by atoms with Crippen molar-refractivity contribution in [2.24, 2.45) is 0 Å². The fraction of sp³-hybridized carbons (Fsp3) is 0.303. The van der Waals surface area contributed by atoms with E-state index in [9.17, 15) is 13.6 Å². The summed E-state index contributed by atoms with van der Waals surface area (Å²) in [6, 6.07) is 20.8. The van der Waals surface area contributed by atoms with Crippen LogP contribution in [0.3, 0.4) is 0 Å². The Kier molecular flexibility index (Phi) is 9.32. The quantitative estimate of drug-likeness (QED) is 0.134. The van der Waals surface area contributed by atoms with Crippen LogP contribution in [0.25, 0.3) is 21.9 Å². The molecule has 3 aromatic carbocycles. The minimum Gasteiger partial charge on any atom is -0.379 e. The molecule has 0 saturated carbocycles. The molecule has 232 valence electrons. The molecule has 2 aromatic heterocycles. The molecule has 0 aliphatic carbocycles. The summed E-state index contributed by atoms with van der Waals surface area (Å²) in [5.41, 5.74) is 4.43. The van der Waals surface area contributed by atoms with E-state index in [1.54, 1.807) is 23.0 Å². The number of carbonyl (C=O) groups is 1. The van der Waals surface area contributed by atoms with Crippen LogP contribution in [0.1, 0.15) is 24.8 Å². The minimum atomic E-state index is -3.06. The molecule has 10 nitrogen and oxygen atoms in total. The summed E-state index contributed by atoms with van der Waals surface area (Å²) >= 11 is 0. The van der Waals surface area contributed by atoms with Crippen molar-refractivity contribution in [1.82, 2.24) is 29.9 Å². The summed E-state index contributed by atoms with van der Waals surface area (Å²) in [7, 11) is 0. The Balaban J connectivity index is 1.08. The number of anilines is 3. The molecule has 1 aliphatic rings. The number of nitrogens with zero attached hydrogens (tertiary/aromatic N) is 6. The Hall–Kier alpha value is -4.81. The van der Waals surface area contributed by atoms with Gasteiger partial charge in [0.2, 0.25) is 5.91 Å². The van der Waals surface area contributed by atoms with E-state index in [0.29, 0.717) is 61.1 Å². The number of amides is 1. The van der Waals surface area contributed by atoms with Gasteiger partial charge in [0, 0.05) is 42.3 Å². The third-order valence-corrected chi connectivity index (χ3v) is 7.57. The van der Waals surface area contributed by atoms with Gasteiger partial charge in [0.05, 0.1) is 25.3 Å². The van der Waals surface area contributed by atoms with Gasteiger partial charge in [-0.2, -0.15) is 15.0 Å². The van der Waals surface area contributed by atoms with E-state index >= 15 is 0 Å². The monoisotopic (exact) mass is 612 g/mol. The van der Waals surface area contributed by atoms with E-state index in [1.165, 1.54) is 6.33 Å². The zero-order valence-electron chi connectivity index (χ0n) is 24.7. The number of alkyl halides is 2. The number of aromatic nitrogens is 5. The van der Waals surface area contributed by atoms with Crippen molar-refractivity contribution in [2.45, 2.75) is 31.7 Å². The highest BCUT2D eigenvalue weighted by molar-refractivity contribution is 6.02. The predicted octanol–water partition coefficient (Wildman–Crippen LogP) is 5.80. The van der Waals surface area contributed by atoms with Crippen LogP contribution in [0.2, 0.25) is 0 Å². The van der Waals surface area contributed by atoms with Crippen LogP contribution >= 0.6 is 0 Å². The number of morpholine rings is 1. The third-order valence-electron chi connectivity index (χ3n) is 7.57. The Morgan fingerprint density at radius 3 is 2.53 bits per heavy atom. The summed E-state index contributed by atoms with van der Waals surface area (Å²) in [6.45, 7) is 4.39. The number of nitrogens with one attached hydrogen (secondary N) is 2. The molecule has 3 heterocycles. The van der Waals surface area contributed by atoms with E-state index in [4.69, 9.17) is 4.74 Å². The summed E-state index contributed by atoms with van der Waals surface area (Å²) < 4.78 is 34.2. The first-order chi connectivity index (χ1) is 21.9. The number of allylic oxidation sites excluding steroid dienone is 1. The average Bonchev–Trinajstić information content (AvgIpc) is 3.45. The minimum absolute atomic E-state index is 0.307. The van der Waals surface area contributed by atoms with Gasteiger partial charge in [-0.25, -0.2) is 18.7 Å². The lowest BCUT2D eigenvalue weighted by Gasteiger charge is -2.26. The first-order valence-electron chi connectivity index (χ1n) is 15.0. The maximum Gasteiger partial charge on any atom is 0.266 e. The van der Waals surface area contributed by atoms with E-state index in [1.807, 2.05) is 48.5 Å². The Morgan fingerprint density at radius 1 is 0.911 bits per heavy atom. The van der Waals surface area contributed by atoms with E-state index in [2.05, 4.69) is 35.7 Å². The number of hydrogen-bond donors (Lipinski definition) is 2. The first kappa shape index (κ1) is 30.2. The molecule has 1 fully saturated rings. The highest BCUT2D eigenvalue weighted by atomic mass is 19.3. The molecule has 45 heavy (non-hydrogen) atoms. The number of fused-ring (bicyclic) bond motifs is 2. The highest BCUT2D eigenvalue weighted by Gasteiger charge is 2.25. The van der Waals surface area contributed by atoms with Crippen molar-refractivity contribution in [1.29, 1.82) is 0 Å². The maximum absolute atomic E-state index is 14.4. The van der Waals surface area contributed by atoms with Crippen LogP contribution in [0, 0.1) is 0 Å². The van der Waals surface area contributed by atoms with Gasteiger partial charge in [-0.05, 0) is 67.4 Å². The fourth-order valence-corrected chi connectivity index (χ4v) is 5.21. The fourth-order valence-electron chi connectivity index (χ4n) is 5.21. The molecule has 6 rings (SSSR count). The smallest absolute Gasteiger partial charge is 0.266 e. The second kappa shape index (κ2) is 13.9. The van der Waals surface area contributed by atoms with Gasteiger partial charge in [-0.3, -0.25) is 9.69 Å². The number of ether oxygens (including phenoxy) is 1. The van der Waals surface area contributed by atoms with Gasteiger partial charge < -0.3 is 15.4 Å². The van der Waals surface area contributed by atoms with Gasteiger partial charge >= 0.3 is 0 Å². The van der Waals surface area contributed by atoms with Crippen LogP contribution in [0.5, 0.6) is 0 Å². The highest BCUT2D eigenvalue weighted by Crippen LogP contribution is 2.28. The molecular weight excluding hydrogens is 578 g/mol. The molecule has 2 N–H and O–H groups in total. The summed E-state index contributed by atoms with van der Waals surface area (Å²) in [5, 5.41) is 15.8. The van der Waals surface area contributed by atoms with Crippen LogP contribution < -0.4 is 10.6 Å². The number of rotatable bonds is 12. The van der Waals surface area contributed by atoms with Gasteiger partial charge in [0.1, 0.15) is 23.2 Å². The van der Waals surface area contributed by atoms with Crippen LogP contribution in [0.15, 0.2) is 85.2 Å². The van der Waals surface area contributed by atoms with Crippen LogP contribution in [-0.4, -0.2) is 74.5 Å². The van der Waals surface area contributed by atoms with Gasteiger partial charge in [0.15, 0.2) is 0 Å². The molecular formula is C33H34F2N8O2. The van der Waals surface area contributed by atoms with Crippen LogP contribution in [0.4, 0.5) is 26.0 Å². The zero-order chi connectivity index (χ0) is 31.1. The van der Waals surface area contributed by atoms with Gasteiger partial charge in [-0.1, -0.05) is 30.3 Å². The molecule has 0 atom stereocenters. The number of hydrogen-bond acceptors (Lipinski definition) is 8. The van der Waals surface area contributed by atoms with Crippen molar-refractivity contribution < 1.29 is 18.3 Å². The number of carbonyl (C=O) groups excluding carboxylic acids is 1. The first-order valence-corrected chi connectivity index (χ1v) is 15.0. The van der Waals surface area contributed by atoms with Crippen molar-refractivity contribution in [3.05, 3.63) is 90.8 Å². The Bertz CT molecular complexity index is 1790. The van der Waals surface area contributed by atoms with Gasteiger partial charge in [-0.15, -0.1) is 0 Å². The Morgan fingerprint density at radius 2 is 1.69 bits per heavy atom. The third kappa shape index (κ3) is 8.22. The second-order valence-corrected chi connectivity index (χ2v) is 11.0. The molecule has 0 unspecified atom stereocenters. The topological polar surface area (TPSA) is 110 Å². The SMILES string of the molecule is O=C(C=CC(F)(F)CCCCN1CCOCC1)Nc1ccc2ncnc(Nc3ccc4nn(Cc5ccccc5)nc4c3)c2c1. The lowest BCUT2D eigenvalue weighted by molar-refractivity contribution is -0.112. The van der Waals surface area contributed by atoms with E-state index in [-0.39, 0.29) is 6.42 Å². The number of benzene rings is 3. The molecule has 1 aliphatic heterocycles. The number of unbranched alkanes of at least 4 members (excludes halogenated alkanes) is 1.